The Hall–Kier alpha value is -1.19. The van der Waals surface area contributed by atoms with E-state index in [9.17, 15) is 4.79 Å². The SMILES string of the molecule is C=C(CCC)C(=O)NC1(CC)N=N1. The Morgan fingerprint density at radius 1 is 1.46 bits per heavy atom. The zero-order valence-corrected chi connectivity index (χ0v) is 8.13. The fourth-order valence-corrected chi connectivity index (χ4v) is 1.03. The van der Waals surface area contributed by atoms with E-state index in [2.05, 4.69) is 22.1 Å². The van der Waals surface area contributed by atoms with Crippen LogP contribution in [0.5, 0.6) is 0 Å². The Balaban J connectivity index is 2.37. The summed E-state index contributed by atoms with van der Waals surface area (Å²) in [5, 5.41) is 10.3. The van der Waals surface area contributed by atoms with Crippen molar-refractivity contribution in [3.63, 3.8) is 0 Å². The number of nitrogens with zero attached hydrogens (tertiary/aromatic N) is 2. The van der Waals surface area contributed by atoms with E-state index in [-0.39, 0.29) is 5.91 Å². The van der Waals surface area contributed by atoms with E-state index < -0.39 is 5.79 Å². The molecule has 1 heterocycles. The predicted octanol–water partition coefficient (Wildman–Crippen LogP) is 1.99. The van der Waals surface area contributed by atoms with Gasteiger partial charge in [0.2, 0.25) is 5.91 Å². The molecule has 0 saturated heterocycles. The molecule has 0 aromatic carbocycles. The number of amides is 1. The first kappa shape index (κ1) is 9.89. The maximum absolute atomic E-state index is 11.4. The molecule has 72 valence electrons. The molecule has 0 aromatic heterocycles. The fraction of sp³-hybridized carbons (Fsp3) is 0.667. The second-order valence-corrected chi connectivity index (χ2v) is 3.18. The van der Waals surface area contributed by atoms with Crippen molar-refractivity contribution in [2.45, 2.75) is 38.9 Å². The smallest absolute Gasteiger partial charge is 0.264 e. The van der Waals surface area contributed by atoms with Crippen molar-refractivity contribution in [3.8, 4) is 0 Å². The van der Waals surface area contributed by atoms with E-state index in [0.717, 1.165) is 12.8 Å². The fourth-order valence-electron chi connectivity index (χ4n) is 1.03. The molecular formula is C9H15N3O. The summed E-state index contributed by atoms with van der Waals surface area (Å²) < 4.78 is 0. The number of hydrogen-bond acceptors (Lipinski definition) is 3. The molecular weight excluding hydrogens is 166 g/mol. The van der Waals surface area contributed by atoms with Gasteiger partial charge < -0.3 is 5.32 Å². The largest absolute Gasteiger partial charge is 0.307 e. The van der Waals surface area contributed by atoms with Crippen molar-refractivity contribution in [1.29, 1.82) is 0 Å². The van der Waals surface area contributed by atoms with Crippen LogP contribution >= 0.6 is 0 Å². The van der Waals surface area contributed by atoms with Gasteiger partial charge in [0.05, 0.1) is 0 Å². The van der Waals surface area contributed by atoms with E-state index in [1.54, 1.807) is 0 Å². The van der Waals surface area contributed by atoms with Crippen LogP contribution in [-0.4, -0.2) is 11.7 Å². The highest BCUT2D eigenvalue weighted by Gasteiger charge is 2.39. The minimum Gasteiger partial charge on any atom is -0.307 e. The zero-order chi connectivity index (χ0) is 9.90. The van der Waals surface area contributed by atoms with Crippen LogP contribution in [0.25, 0.3) is 0 Å². The second kappa shape index (κ2) is 3.68. The Bertz CT molecular complexity index is 252. The van der Waals surface area contributed by atoms with E-state index in [1.165, 1.54) is 0 Å². The van der Waals surface area contributed by atoms with E-state index in [1.807, 2.05) is 13.8 Å². The first-order chi connectivity index (χ1) is 6.13. The molecule has 4 nitrogen and oxygen atoms in total. The molecule has 4 heteroatoms. The van der Waals surface area contributed by atoms with Crippen LogP contribution in [0.15, 0.2) is 22.4 Å². The predicted molar refractivity (Wildman–Crippen MR) is 50.1 cm³/mol. The molecule has 0 fully saturated rings. The van der Waals surface area contributed by atoms with Gasteiger partial charge in [-0.25, -0.2) is 0 Å². The van der Waals surface area contributed by atoms with Gasteiger partial charge in [0, 0.05) is 12.0 Å². The van der Waals surface area contributed by atoms with Crippen molar-refractivity contribution in [3.05, 3.63) is 12.2 Å². The van der Waals surface area contributed by atoms with Crippen molar-refractivity contribution in [2.75, 3.05) is 0 Å². The van der Waals surface area contributed by atoms with Gasteiger partial charge in [-0.15, -0.1) is 10.2 Å². The lowest BCUT2D eigenvalue weighted by Crippen LogP contribution is -2.38. The van der Waals surface area contributed by atoms with Crippen LogP contribution in [0.2, 0.25) is 0 Å². The highest BCUT2D eigenvalue weighted by atomic mass is 16.2. The minimum absolute atomic E-state index is 0.131. The van der Waals surface area contributed by atoms with E-state index in [0.29, 0.717) is 12.0 Å². The van der Waals surface area contributed by atoms with Crippen molar-refractivity contribution >= 4 is 5.91 Å². The van der Waals surface area contributed by atoms with Crippen LogP contribution < -0.4 is 5.32 Å². The maximum atomic E-state index is 11.4. The molecule has 0 aliphatic carbocycles. The molecule has 0 radical (unpaired) electrons. The monoisotopic (exact) mass is 181 g/mol. The third-order valence-corrected chi connectivity index (χ3v) is 2.02. The van der Waals surface area contributed by atoms with Crippen LogP contribution in [0.1, 0.15) is 33.1 Å². The van der Waals surface area contributed by atoms with Gasteiger partial charge in [0.1, 0.15) is 0 Å². The molecule has 1 N–H and O–H groups in total. The standard InChI is InChI=1S/C9H15N3O/c1-4-6-7(3)8(13)10-9(5-2)11-12-9/h3-6H2,1-2H3,(H,10,13). The third kappa shape index (κ3) is 2.37. The quantitative estimate of drug-likeness (QED) is 0.648. The highest BCUT2D eigenvalue weighted by Crippen LogP contribution is 2.28. The van der Waals surface area contributed by atoms with Gasteiger partial charge in [0.15, 0.2) is 0 Å². The van der Waals surface area contributed by atoms with Crippen LogP contribution in [0.4, 0.5) is 0 Å². The van der Waals surface area contributed by atoms with Gasteiger partial charge in [-0.3, -0.25) is 4.79 Å². The second-order valence-electron chi connectivity index (χ2n) is 3.18. The van der Waals surface area contributed by atoms with Gasteiger partial charge in [-0.05, 0) is 6.42 Å². The Morgan fingerprint density at radius 2 is 2.08 bits per heavy atom. The van der Waals surface area contributed by atoms with Crippen molar-refractivity contribution in [1.82, 2.24) is 5.32 Å². The lowest BCUT2D eigenvalue weighted by Gasteiger charge is -2.11. The zero-order valence-electron chi connectivity index (χ0n) is 8.13. The molecule has 0 spiro atoms. The lowest BCUT2D eigenvalue weighted by molar-refractivity contribution is -0.118. The van der Waals surface area contributed by atoms with Gasteiger partial charge in [-0.2, -0.15) is 0 Å². The molecule has 1 aliphatic rings. The summed E-state index contributed by atoms with van der Waals surface area (Å²) in [6.07, 6.45) is 2.36. The molecule has 0 saturated carbocycles. The Morgan fingerprint density at radius 3 is 2.46 bits per heavy atom. The maximum Gasteiger partial charge on any atom is 0.264 e. The van der Waals surface area contributed by atoms with Gasteiger partial charge in [-0.1, -0.05) is 26.8 Å². The molecule has 0 bridgehead atoms. The van der Waals surface area contributed by atoms with Gasteiger partial charge >= 0.3 is 0 Å². The molecule has 0 atom stereocenters. The molecule has 1 amide bonds. The van der Waals surface area contributed by atoms with E-state index >= 15 is 0 Å². The highest BCUT2D eigenvalue weighted by molar-refractivity contribution is 5.93. The number of nitrogens with one attached hydrogen (secondary N) is 1. The summed E-state index contributed by atoms with van der Waals surface area (Å²) >= 11 is 0. The van der Waals surface area contributed by atoms with Crippen LogP contribution in [0.3, 0.4) is 0 Å². The number of carbonyl (C=O) groups excluding carboxylic acids is 1. The minimum atomic E-state index is -0.617. The van der Waals surface area contributed by atoms with Crippen molar-refractivity contribution in [2.24, 2.45) is 10.2 Å². The first-order valence-electron chi connectivity index (χ1n) is 4.58. The first-order valence-corrected chi connectivity index (χ1v) is 4.58. The van der Waals surface area contributed by atoms with Crippen molar-refractivity contribution < 1.29 is 4.79 Å². The summed E-state index contributed by atoms with van der Waals surface area (Å²) in [6, 6.07) is 0. The topological polar surface area (TPSA) is 53.8 Å². The number of carbonyl (C=O) groups is 1. The Kier molecular flexibility index (Phi) is 2.80. The molecule has 0 aromatic rings. The van der Waals surface area contributed by atoms with Gasteiger partial charge in [0.25, 0.3) is 5.79 Å². The summed E-state index contributed by atoms with van der Waals surface area (Å²) in [6.45, 7) is 7.64. The summed E-state index contributed by atoms with van der Waals surface area (Å²) in [5.41, 5.74) is 0.604. The van der Waals surface area contributed by atoms with Crippen LogP contribution in [-0.2, 0) is 4.79 Å². The summed E-state index contributed by atoms with van der Waals surface area (Å²) in [4.78, 5) is 11.4. The average molecular weight is 181 g/mol. The van der Waals surface area contributed by atoms with E-state index in [4.69, 9.17) is 0 Å². The molecule has 1 rings (SSSR count). The third-order valence-electron chi connectivity index (χ3n) is 2.02. The van der Waals surface area contributed by atoms with Crippen LogP contribution in [0, 0.1) is 0 Å². The molecule has 1 aliphatic heterocycles. The number of hydrogen-bond donors (Lipinski definition) is 1. The Labute approximate surface area is 78.1 Å². The molecule has 13 heavy (non-hydrogen) atoms. The number of rotatable bonds is 5. The average Bonchev–Trinajstić information content (AvgIpc) is 2.86. The summed E-state index contributed by atoms with van der Waals surface area (Å²) in [7, 11) is 0. The normalized spacial score (nSPS) is 16.8. The lowest BCUT2D eigenvalue weighted by atomic mass is 10.1. The molecule has 0 unspecified atom stereocenters. The summed E-state index contributed by atoms with van der Waals surface area (Å²) in [5.74, 6) is -0.748.